The number of unbranched alkanes of at least 4 members (excludes halogenated alkanes) is 3. The Morgan fingerprint density at radius 2 is 2.07 bits per heavy atom. The van der Waals surface area contributed by atoms with E-state index in [0.29, 0.717) is 0 Å². The van der Waals surface area contributed by atoms with Crippen LogP contribution in [0.4, 0.5) is 0 Å². The van der Waals surface area contributed by atoms with E-state index >= 15 is 0 Å². The van der Waals surface area contributed by atoms with Crippen molar-refractivity contribution in [1.29, 1.82) is 0 Å². The van der Waals surface area contributed by atoms with E-state index in [0.717, 1.165) is 29.7 Å². The first-order valence-corrected chi connectivity index (χ1v) is 7.66. The van der Waals surface area contributed by atoms with Crippen LogP contribution in [0.3, 0.4) is 0 Å². The quantitative estimate of drug-likeness (QED) is 0.601. The van der Waals surface area contributed by atoms with Crippen LogP contribution in [-0.2, 0) is 11.0 Å². The lowest BCUT2D eigenvalue weighted by Crippen LogP contribution is -1.96. The van der Waals surface area contributed by atoms with E-state index in [1.165, 1.54) is 19.3 Å². The monoisotopic (exact) mass is 248 g/mol. The number of hydrogen-bond acceptors (Lipinski definition) is 2. The van der Waals surface area contributed by atoms with E-state index < -0.39 is 7.60 Å². The fourth-order valence-corrected chi connectivity index (χ4v) is 3.12. The summed E-state index contributed by atoms with van der Waals surface area (Å²) in [6, 6.07) is 1.64. The lowest BCUT2D eigenvalue weighted by Gasteiger charge is -1.98. The van der Waals surface area contributed by atoms with Gasteiger partial charge in [0.1, 0.15) is 4.62 Å². The summed E-state index contributed by atoms with van der Waals surface area (Å²) in [6.07, 6.45) is 5.66. The minimum atomic E-state index is -4.02. The third kappa shape index (κ3) is 4.47. The Morgan fingerprint density at radius 3 is 2.60 bits per heavy atom. The van der Waals surface area contributed by atoms with Gasteiger partial charge in [-0.3, -0.25) is 4.57 Å². The zero-order valence-corrected chi connectivity index (χ0v) is 10.6. The lowest BCUT2D eigenvalue weighted by atomic mass is 10.1. The summed E-state index contributed by atoms with van der Waals surface area (Å²) in [5.74, 6) is 0. The van der Waals surface area contributed by atoms with Crippen molar-refractivity contribution in [3.63, 3.8) is 0 Å². The molecule has 86 valence electrons. The van der Waals surface area contributed by atoms with Crippen LogP contribution in [-0.4, -0.2) is 9.79 Å². The normalized spacial score (nSPS) is 11.9. The van der Waals surface area contributed by atoms with Crippen LogP contribution in [0, 0.1) is 0 Å². The van der Waals surface area contributed by atoms with E-state index in [1.807, 2.05) is 5.38 Å². The van der Waals surface area contributed by atoms with Gasteiger partial charge in [-0.1, -0.05) is 26.2 Å². The average molecular weight is 248 g/mol. The Bertz CT molecular complexity index is 342. The minimum Gasteiger partial charge on any atom is -0.320 e. The Labute approximate surface area is 94.3 Å². The summed E-state index contributed by atoms with van der Waals surface area (Å²) in [4.78, 5) is 17.9. The minimum absolute atomic E-state index is 0.188. The molecule has 0 aromatic carbocycles. The second-order valence-corrected chi connectivity index (χ2v) is 6.43. The number of aryl methyl sites for hydroxylation is 1. The average Bonchev–Trinajstić information content (AvgIpc) is 2.60. The Morgan fingerprint density at radius 1 is 1.33 bits per heavy atom. The van der Waals surface area contributed by atoms with Gasteiger partial charge >= 0.3 is 7.60 Å². The third-order valence-electron chi connectivity index (χ3n) is 2.25. The molecule has 1 aromatic heterocycles. The van der Waals surface area contributed by atoms with Gasteiger partial charge in [0.15, 0.2) is 0 Å². The molecule has 0 bridgehead atoms. The number of rotatable bonds is 6. The predicted octanol–water partition coefficient (Wildman–Crippen LogP) is 2.67. The van der Waals surface area contributed by atoms with Crippen LogP contribution < -0.4 is 4.62 Å². The highest BCUT2D eigenvalue weighted by molar-refractivity contribution is 7.67. The maximum Gasteiger partial charge on any atom is 0.366 e. The largest absolute Gasteiger partial charge is 0.366 e. The van der Waals surface area contributed by atoms with Crippen LogP contribution in [0.25, 0.3) is 0 Å². The fraction of sp³-hybridized carbons (Fsp3) is 0.600. The Balaban J connectivity index is 2.43. The van der Waals surface area contributed by atoms with Crippen molar-refractivity contribution in [2.24, 2.45) is 0 Å². The first-order valence-electron chi connectivity index (χ1n) is 5.17. The highest BCUT2D eigenvalue weighted by atomic mass is 32.1. The maximum atomic E-state index is 10.9. The molecule has 1 aromatic rings. The molecule has 0 atom stereocenters. The van der Waals surface area contributed by atoms with Crippen molar-refractivity contribution in [3.05, 3.63) is 17.0 Å². The van der Waals surface area contributed by atoms with Crippen molar-refractivity contribution in [1.82, 2.24) is 0 Å². The highest BCUT2D eigenvalue weighted by Crippen LogP contribution is 2.36. The summed E-state index contributed by atoms with van der Waals surface area (Å²) in [5, 5.41) is 1.85. The first kappa shape index (κ1) is 12.9. The lowest BCUT2D eigenvalue weighted by molar-refractivity contribution is 0.388. The molecule has 0 amide bonds. The van der Waals surface area contributed by atoms with Gasteiger partial charge in [0.05, 0.1) is 0 Å². The van der Waals surface area contributed by atoms with E-state index in [2.05, 4.69) is 6.92 Å². The van der Waals surface area contributed by atoms with E-state index in [-0.39, 0.29) is 4.62 Å². The highest BCUT2D eigenvalue weighted by Gasteiger charge is 2.19. The molecule has 0 aliphatic heterocycles. The Kier molecular flexibility index (Phi) is 5.00. The van der Waals surface area contributed by atoms with E-state index in [1.54, 1.807) is 6.07 Å². The molecule has 0 fully saturated rings. The van der Waals surface area contributed by atoms with Crippen molar-refractivity contribution in [2.75, 3.05) is 0 Å². The molecule has 2 N–H and O–H groups in total. The predicted molar refractivity (Wildman–Crippen MR) is 63.8 cm³/mol. The van der Waals surface area contributed by atoms with Gasteiger partial charge in [0.2, 0.25) is 0 Å². The number of hydrogen-bond donors (Lipinski definition) is 2. The van der Waals surface area contributed by atoms with Gasteiger partial charge in [-0.25, -0.2) is 0 Å². The smallest absolute Gasteiger partial charge is 0.320 e. The summed E-state index contributed by atoms with van der Waals surface area (Å²) in [5.41, 5.74) is 1.05. The fourth-order valence-electron chi connectivity index (χ4n) is 1.40. The molecule has 0 radical (unpaired) electrons. The van der Waals surface area contributed by atoms with E-state index in [9.17, 15) is 4.57 Å². The SMILES string of the molecule is CCCCCCc1csc(P(=O)(O)O)c1. The summed E-state index contributed by atoms with van der Waals surface area (Å²) in [7, 11) is -4.02. The standard InChI is InChI=1S/C10H17O3PS/c1-2-3-4-5-6-9-7-10(15-8-9)14(11,12)13/h7-8H,2-6H2,1H3,(H2,11,12,13). The molecule has 15 heavy (non-hydrogen) atoms. The molecule has 3 nitrogen and oxygen atoms in total. The van der Waals surface area contributed by atoms with Crippen molar-refractivity contribution < 1.29 is 14.4 Å². The molecule has 0 spiro atoms. The molecule has 0 saturated heterocycles. The zero-order valence-electron chi connectivity index (χ0n) is 8.85. The van der Waals surface area contributed by atoms with Gasteiger partial charge in [-0.15, -0.1) is 11.3 Å². The second kappa shape index (κ2) is 5.80. The topological polar surface area (TPSA) is 57.5 Å². The van der Waals surface area contributed by atoms with Crippen LogP contribution in [0.2, 0.25) is 0 Å². The van der Waals surface area contributed by atoms with Crippen LogP contribution in [0.1, 0.15) is 38.2 Å². The van der Waals surface area contributed by atoms with Gasteiger partial charge in [0, 0.05) is 0 Å². The summed E-state index contributed by atoms with van der Waals surface area (Å²) in [6.45, 7) is 2.16. The van der Waals surface area contributed by atoms with Crippen molar-refractivity contribution in [2.45, 2.75) is 39.0 Å². The Hall–Kier alpha value is -0.150. The van der Waals surface area contributed by atoms with Crippen molar-refractivity contribution in [3.8, 4) is 0 Å². The van der Waals surface area contributed by atoms with Gasteiger partial charge < -0.3 is 9.79 Å². The summed E-state index contributed by atoms with van der Waals surface area (Å²) >= 11 is 1.16. The third-order valence-corrected chi connectivity index (χ3v) is 4.76. The molecule has 1 heterocycles. The van der Waals surface area contributed by atoms with Crippen molar-refractivity contribution >= 4 is 23.6 Å². The van der Waals surface area contributed by atoms with Gasteiger partial charge in [0.25, 0.3) is 0 Å². The van der Waals surface area contributed by atoms with Gasteiger partial charge in [-0.2, -0.15) is 0 Å². The molecule has 0 saturated carbocycles. The molecule has 1 rings (SSSR count). The number of thiophene rings is 1. The van der Waals surface area contributed by atoms with Crippen LogP contribution >= 0.6 is 18.9 Å². The van der Waals surface area contributed by atoms with Crippen LogP contribution in [0.5, 0.6) is 0 Å². The second-order valence-electron chi connectivity index (χ2n) is 3.65. The maximum absolute atomic E-state index is 10.9. The van der Waals surface area contributed by atoms with Gasteiger partial charge in [-0.05, 0) is 29.9 Å². The molecule has 5 heteroatoms. The zero-order chi connectivity index (χ0) is 11.3. The molecular formula is C10H17O3PS. The first-order chi connectivity index (χ1) is 7.04. The molecule has 0 aliphatic carbocycles. The summed E-state index contributed by atoms with van der Waals surface area (Å²) < 4.78 is 11.1. The molecule has 0 unspecified atom stereocenters. The molecular weight excluding hydrogens is 231 g/mol. The molecule has 0 aliphatic rings. The van der Waals surface area contributed by atoms with Crippen LogP contribution in [0.15, 0.2) is 11.4 Å². The van der Waals surface area contributed by atoms with E-state index in [4.69, 9.17) is 9.79 Å².